The molecule has 2 saturated heterocycles. The highest BCUT2D eigenvalue weighted by Crippen LogP contribution is 2.32. The van der Waals surface area contributed by atoms with Crippen molar-refractivity contribution in [1.82, 2.24) is 20.0 Å². The number of hydrogen-bond donors (Lipinski definition) is 2. The van der Waals surface area contributed by atoms with E-state index in [1.807, 2.05) is 22.9 Å². The van der Waals surface area contributed by atoms with Crippen molar-refractivity contribution in [3.05, 3.63) is 35.8 Å². The predicted molar refractivity (Wildman–Crippen MR) is 89.1 cm³/mol. The number of piperidine rings is 1. The van der Waals surface area contributed by atoms with Gasteiger partial charge in [0.15, 0.2) is 0 Å². The van der Waals surface area contributed by atoms with Gasteiger partial charge >= 0.3 is 0 Å². The topological polar surface area (TPSA) is 58.4 Å². The average molecular weight is 312 g/mol. The second-order valence-electron chi connectivity index (χ2n) is 7.11. The summed E-state index contributed by atoms with van der Waals surface area (Å²) in [5.41, 5.74) is 3.03. The number of carbonyl (C=O) groups is 1. The molecule has 0 radical (unpaired) electrons. The number of fused-ring (bicyclic) bond motifs is 3. The molecule has 2 fully saturated rings. The fourth-order valence-electron chi connectivity index (χ4n) is 4.15. The van der Waals surface area contributed by atoms with Crippen LogP contribution in [0.4, 0.5) is 0 Å². The Balaban J connectivity index is 1.33. The fraction of sp³-hybridized carbons (Fsp3) is 0.556. The predicted octanol–water partition coefficient (Wildman–Crippen LogP) is 2.18. The summed E-state index contributed by atoms with van der Waals surface area (Å²) in [6.45, 7) is 2.56. The minimum atomic E-state index is 0.157. The molecule has 2 aromatic heterocycles. The van der Waals surface area contributed by atoms with Crippen molar-refractivity contribution in [2.45, 2.75) is 57.7 Å². The van der Waals surface area contributed by atoms with Gasteiger partial charge in [-0.05, 0) is 50.2 Å². The van der Waals surface area contributed by atoms with Gasteiger partial charge < -0.3 is 15.0 Å². The lowest BCUT2D eigenvalue weighted by atomic mass is 9.89. The molecule has 2 bridgehead atoms. The normalized spacial score (nSPS) is 26.6. The molecule has 0 saturated carbocycles. The van der Waals surface area contributed by atoms with Crippen LogP contribution in [0.15, 0.2) is 24.5 Å². The van der Waals surface area contributed by atoms with Crippen LogP contribution in [0.1, 0.15) is 43.4 Å². The molecule has 2 aliphatic heterocycles. The van der Waals surface area contributed by atoms with Gasteiger partial charge in [0.2, 0.25) is 5.91 Å². The quantitative estimate of drug-likeness (QED) is 0.910. The van der Waals surface area contributed by atoms with E-state index < -0.39 is 0 Å². The lowest BCUT2D eigenvalue weighted by Gasteiger charge is -2.28. The van der Waals surface area contributed by atoms with Gasteiger partial charge in [-0.2, -0.15) is 0 Å². The SMILES string of the molecule is Cc1cccn2cc(CNC(=O)CC3CC4CCC(C3)N4)nc12. The number of pyridine rings is 1. The van der Waals surface area contributed by atoms with Crippen LogP contribution in [-0.4, -0.2) is 27.4 Å². The lowest BCUT2D eigenvalue weighted by molar-refractivity contribution is -0.122. The van der Waals surface area contributed by atoms with Crippen molar-refractivity contribution in [2.75, 3.05) is 0 Å². The standard InChI is InChI=1S/C18H24N4O/c1-12-3-2-6-22-11-16(21-18(12)22)10-19-17(23)9-13-7-14-4-5-15(8-13)20-14/h2-3,6,11,13-15,20H,4-5,7-10H2,1H3,(H,19,23). The van der Waals surface area contributed by atoms with Crippen LogP contribution in [0.3, 0.4) is 0 Å². The van der Waals surface area contributed by atoms with Crippen LogP contribution in [-0.2, 0) is 11.3 Å². The van der Waals surface area contributed by atoms with Crippen LogP contribution < -0.4 is 10.6 Å². The van der Waals surface area contributed by atoms with Crippen LogP contribution in [0.2, 0.25) is 0 Å². The number of nitrogens with zero attached hydrogens (tertiary/aromatic N) is 2. The molecule has 2 aromatic rings. The van der Waals surface area contributed by atoms with E-state index in [-0.39, 0.29) is 5.91 Å². The average Bonchev–Trinajstić information content (AvgIpc) is 3.09. The zero-order chi connectivity index (χ0) is 15.8. The fourth-order valence-corrected chi connectivity index (χ4v) is 4.15. The first-order valence-electron chi connectivity index (χ1n) is 8.63. The van der Waals surface area contributed by atoms with Gasteiger partial charge in [0.1, 0.15) is 5.65 Å². The van der Waals surface area contributed by atoms with Crippen LogP contribution in [0.5, 0.6) is 0 Å². The van der Waals surface area contributed by atoms with Gasteiger partial charge in [0.05, 0.1) is 12.2 Å². The van der Waals surface area contributed by atoms with Crippen molar-refractivity contribution in [3.63, 3.8) is 0 Å². The molecule has 2 atom stereocenters. The van der Waals surface area contributed by atoms with Crippen molar-refractivity contribution < 1.29 is 4.79 Å². The number of nitrogens with one attached hydrogen (secondary N) is 2. The third-order valence-electron chi connectivity index (χ3n) is 5.24. The second kappa shape index (κ2) is 5.96. The van der Waals surface area contributed by atoms with E-state index in [4.69, 9.17) is 0 Å². The molecular weight excluding hydrogens is 288 g/mol. The maximum atomic E-state index is 12.2. The molecule has 122 valence electrons. The summed E-state index contributed by atoms with van der Waals surface area (Å²) in [4.78, 5) is 16.8. The number of rotatable bonds is 4. The lowest BCUT2D eigenvalue weighted by Crippen LogP contribution is -2.39. The molecule has 0 aliphatic carbocycles. The third kappa shape index (κ3) is 3.11. The number of aromatic nitrogens is 2. The summed E-state index contributed by atoms with van der Waals surface area (Å²) < 4.78 is 2.02. The van der Waals surface area contributed by atoms with Crippen LogP contribution in [0.25, 0.3) is 5.65 Å². The monoisotopic (exact) mass is 312 g/mol. The Labute approximate surface area is 136 Å². The Morgan fingerprint density at radius 2 is 2.17 bits per heavy atom. The zero-order valence-corrected chi connectivity index (χ0v) is 13.6. The summed E-state index contributed by atoms with van der Waals surface area (Å²) in [6, 6.07) is 5.36. The highest BCUT2D eigenvalue weighted by atomic mass is 16.1. The summed E-state index contributed by atoms with van der Waals surface area (Å²) >= 11 is 0. The molecule has 23 heavy (non-hydrogen) atoms. The Kier molecular flexibility index (Phi) is 3.81. The molecule has 5 heteroatoms. The molecule has 2 unspecified atom stereocenters. The van der Waals surface area contributed by atoms with Crippen LogP contribution in [0, 0.1) is 12.8 Å². The van der Waals surface area contributed by atoms with Gasteiger partial charge in [-0.1, -0.05) is 6.07 Å². The third-order valence-corrected chi connectivity index (χ3v) is 5.24. The van der Waals surface area contributed by atoms with Crippen molar-refractivity contribution in [3.8, 4) is 0 Å². The molecule has 5 nitrogen and oxygen atoms in total. The molecule has 0 aromatic carbocycles. The number of imidazole rings is 1. The largest absolute Gasteiger partial charge is 0.350 e. The zero-order valence-electron chi connectivity index (χ0n) is 13.6. The highest BCUT2D eigenvalue weighted by molar-refractivity contribution is 5.76. The van der Waals surface area contributed by atoms with Crippen molar-refractivity contribution in [2.24, 2.45) is 5.92 Å². The van der Waals surface area contributed by atoms with E-state index in [0.29, 0.717) is 31.0 Å². The summed E-state index contributed by atoms with van der Waals surface area (Å²) in [7, 11) is 0. The van der Waals surface area contributed by atoms with E-state index in [1.165, 1.54) is 12.8 Å². The molecule has 0 spiro atoms. The van der Waals surface area contributed by atoms with E-state index in [1.54, 1.807) is 0 Å². The first kappa shape index (κ1) is 14.7. The van der Waals surface area contributed by atoms with Gasteiger partial charge in [-0.15, -0.1) is 0 Å². The van der Waals surface area contributed by atoms with E-state index >= 15 is 0 Å². The van der Waals surface area contributed by atoms with Gasteiger partial charge in [0, 0.05) is 30.9 Å². The van der Waals surface area contributed by atoms with Crippen LogP contribution >= 0.6 is 0 Å². The minimum absolute atomic E-state index is 0.157. The number of aryl methyl sites for hydroxylation is 1. The Morgan fingerprint density at radius 1 is 1.39 bits per heavy atom. The van der Waals surface area contributed by atoms with Gasteiger partial charge in [-0.3, -0.25) is 4.79 Å². The van der Waals surface area contributed by atoms with Gasteiger partial charge in [0.25, 0.3) is 0 Å². The molecule has 1 amide bonds. The minimum Gasteiger partial charge on any atom is -0.350 e. The maximum Gasteiger partial charge on any atom is 0.220 e. The Hall–Kier alpha value is -1.88. The van der Waals surface area contributed by atoms with E-state index in [2.05, 4.69) is 28.6 Å². The Bertz CT molecular complexity index is 711. The number of hydrogen-bond acceptors (Lipinski definition) is 3. The maximum absolute atomic E-state index is 12.2. The van der Waals surface area contributed by atoms with Crippen molar-refractivity contribution in [1.29, 1.82) is 0 Å². The summed E-state index contributed by atoms with van der Waals surface area (Å²) in [5.74, 6) is 0.696. The highest BCUT2D eigenvalue weighted by Gasteiger charge is 2.34. The number of amides is 1. The molecular formula is C18H24N4O. The first-order valence-corrected chi connectivity index (χ1v) is 8.63. The molecule has 2 N–H and O–H groups in total. The molecule has 4 rings (SSSR count). The Morgan fingerprint density at radius 3 is 2.91 bits per heavy atom. The van der Waals surface area contributed by atoms with Gasteiger partial charge in [-0.25, -0.2) is 4.98 Å². The summed E-state index contributed by atoms with van der Waals surface area (Å²) in [6.07, 6.45) is 9.50. The smallest absolute Gasteiger partial charge is 0.220 e. The summed E-state index contributed by atoms with van der Waals surface area (Å²) in [5, 5.41) is 6.67. The second-order valence-corrected chi connectivity index (χ2v) is 7.11. The first-order chi connectivity index (χ1) is 11.2. The molecule has 4 heterocycles. The molecule has 2 aliphatic rings. The van der Waals surface area contributed by atoms with Crippen molar-refractivity contribution >= 4 is 11.6 Å². The number of carbonyl (C=O) groups excluding carboxylic acids is 1. The van der Waals surface area contributed by atoms with E-state index in [0.717, 1.165) is 29.7 Å². The van der Waals surface area contributed by atoms with E-state index in [9.17, 15) is 4.79 Å².